The Bertz CT molecular complexity index is 1170. The summed E-state index contributed by atoms with van der Waals surface area (Å²) in [6.07, 6.45) is 0. The Balaban J connectivity index is 1.68. The van der Waals surface area contributed by atoms with E-state index in [0.29, 0.717) is 23.9 Å². The molecule has 2 aromatic heterocycles. The van der Waals surface area contributed by atoms with Crippen LogP contribution in [0.1, 0.15) is 17.6 Å². The lowest BCUT2D eigenvalue weighted by molar-refractivity contribution is -0.119. The molecular formula is C20H24N6O3S2. The molecule has 0 aliphatic heterocycles. The lowest BCUT2D eigenvalue weighted by Crippen LogP contribution is -2.18. The van der Waals surface area contributed by atoms with E-state index in [9.17, 15) is 13.2 Å². The molecule has 0 unspecified atom stereocenters. The van der Waals surface area contributed by atoms with Crippen LogP contribution >= 0.6 is 11.3 Å². The number of nitrogens with one attached hydrogen (secondary N) is 3. The van der Waals surface area contributed by atoms with Gasteiger partial charge in [0, 0.05) is 43.3 Å². The van der Waals surface area contributed by atoms with E-state index in [2.05, 4.69) is 25.3 Å². The smallest absolute Gasteiger partial charge is 0.271 e. The van der Waals surface area contributed by atoms with Gasteiger partial charge in [0.15, 0.2) is 0 Å². The molecule has 0 fully saturated rings. The number of nitrogens with zero attached hydrogens (tertiary/aromatic N) is 3. The molecule has 1 amide bonds. The van der Waals surface area contributed by atoms with Crippen LogP contribution in [-0.4, -0.2) is 38.4 Å². The number of carbonyl (C=O) groups is 1. The molecule has 0 saturated carbocycles. The van der Waals surface area contributed by atoms with Crippen LogP contribution in [0.2, 0.25) is 0 Å². The molecule has 3 N–H and O–H groups in total. The molecule has 31 heavy (non-hydrogen) atoms. The number of carbonyl (C=O) groups excluding carboxylic acids is 1. The standard InChI is InChI=1S/C20H24N6O3S2/c1-13-22-18(11-19(23-13)26(3)4)24-15-5-7-16(8-6-15)25-31(28,29)20-10-9-17(30-20)12-21-14(2)27/h5-11,25H,12H2,1-4H3,(H,21,27)(H,22,23,24). The second kappa shape index (κ2) is 9.31. The third-order valence-electron chi connectivity index (χ3n) is 4.11. The number of thiophene rings is 1. The second-order valence-corrected chi connectivity index (χ2v) is 10.1. The van der Waals surface area contributed by atoms with Gasteiger partial charge in [-0.3, -0.25) is 9.52 Å². The fourth-order valence-corrected chi connectivity index (χ4v) is 4.98. The Morgan fingerprint density at radius 1 is 1.06 bits per heavy atom. The molecule has 3 rings (SSSR count). The molecule has 11 heteroatoms. The normalized spacial score (nSPS) is 11.1. The predicted octanol–water partition coefficient (Wildman–Crippen LogP) is 3.09. The summed E-state index contributed by atoms with van der Waals surface area (Å²) in [4.78, 5) is 22.4. The minimum Gasteiger partial charge on any atom is -0.363 e. The number of anilines is 4. The van der Waals surface area contributed by atoms with E-state index in [1.165, 1.54) is 13.0 Å². The number of amides is 1. The summed E-state index contributed by atoms with van der Waals surface area (Å²) in [7, 11) is 0.0969. The van der Waals surface area contributed by atoms with Crippen molar-refractivity contribution < 1.29 is 13.2 Å². The first kappa shape index (κ1) is 22.5. The van der Waals surface area contributed by atoms with Gasteiger partial charge in [-0.2, -0.15) is 0 Å². The monoisotopic (exact) mass is 460 g/mol. The van der Waals surface area contributed by atoms with Crippen molar-refractivity contribution in [2.24, 2.45) is 0 Å². The summed E-state index contributed by atoms with van der Waals surface area (Å²) >= 11 is 1.12. The lowest BCUT2D eigenvalue weighted by atomic mass is 10.3. The quantitative estimate of drug-likeness (QED) is 0.473. The molecule has 0 bridgehead atoms. The SMILES string of the molecule is CC(=O)NCc1ccc(S(=O)(=O)Nc2ccc(Nc3cc(N(C)C)nc(C)n3)cc2)s1. The van der Waals surface area contributed by atoms with Crippen molar-refractivity contribution in [2.45, 2.75) is 24.6 Å². The topological polar surface area (TPSA) is 116 Å². The summed E-state index contributed by atoms with van der Waals surface area (Å²) < 4.78 is 28.0. The van der Waals surface area contributed by atoms with Crippen molar-refractivity contribution in [2.75, 3.05) is 29.0 Å². The van der Waals surface area contributed by atoms with Gasteiger partial charge >= 0.3 is 0 Å². The van der Waals surface area contributed by atoms with E-state index in [0.717, 1.165) is 27.7 Å². The van der Waals surface area contributed by atoms with Gasteiger partial charge in [0.25, 0.3) is 10.0 Å². The molecule has 0 atom stereocenters. The Kier molecular flexibility index (Phi) is 6.76. The maximum atomic E-state index is 12.6. The maximum Gasteiger partial charge on any atom is 0.271 e. The second-order valence-electron chi connectivity index (χ2n) is 6.99. The van der Waals surface area contributed by atoms with E-state index >= 15 is 0 Å². The number of benzene rings is 1. The molecule has 0 aliphatic rings. The molecule has 2 heterocycles. The minimum atomic E-state index is -3.71. The van der Waals surface area contributed by atoms with E-state index in [4.69, 9.17) is 0 Å². The third-order valence-corrected chi connectivity index (χ3v) is 7.06. The Hall–Kier alpha value is -3.18. The average Bonchev–Trinajstić information content (AvgIpc) is 3.17. The molecule has 9 nitrogen and oxygen atoms in total. The molecule has 164 valence electrons. The highest BCUT2D eigenvalue weighted by molar-refractivity contribution is 7.94. The number of aryl methyl sites for hydroxylation is 1. The largest absolute Gasteiger partial charge is 0.363 e. The van der Waals surface area contributed by atoms with Crippen LogP contribution in [0.5, 0.6) is 0 Å². The predicted molar refractivity (Wildman–Crippen MR) is 123 cm³/mol. The van der Waals surface area contributed by atoms with E-state index in [-0.39, 0.29) is 10.1 Å². The Morgan fingerprint density at radius 2 is 1.74 bits per heavy atom. The summed E-state index contributed by atoms with van der Waals surface area (Å²) in [5.41, 5.74) is 1.20. The fourth-order valence-electron chi connectivity index (χ4n) is 2.63. The number of sulfonamides is 1. The first-order valence-corrected chi connectivity index (χ1v) is 11.7. The van der Waals surface area contributed by atoms with Gasteiger partial charge < -0.3 is 15.5 Å². The number of rotatable bonds is 8. The summed E-state index contributed by atoms with van der Waals surface area (Å²) in [6, 6.07) is 11.9. The number of hydrogen-bond acceptors (Lipinski definition) is 8. The zero-order valence-corrected chi connectivity index (χ0v) is 19.3. The Morgan fingerprint density at radius 3 is 2.39 bits per heavy atom. The van der Waals surface area contributed by atoms with Crippen LogP contribution in [0.25, 0.3) is 0 Å². The lowest BCUT2D eigenvalue weighted by Gasteiger charge is -2.14. The minimum absolute atomic E-state index is 0.167. The van der Waals surface area contributed by atoms with E-state index in [1.807, 2.05) is 32.0 Å². The third kappa shape index (κ3) is 6.15. The summed E-state index contributed by atoms with van der Waals surface area (Å²) in [5, 5.41) is 5.85. The zero-order valence-electron chi connectivity index (χ0n) is 17.6. The van der Waals surface area contributed by atoms with Gasteiger partial charge in [0.05, 0.1) is 6.54 Å². The first-order chi connectivity index (χ1) is 14.6. The highest BCUT2D eigenvalue weighted by atomic mass is 32.2. The van der Waals surface area contributed by atoms with Gasteiger partial charge in [-0.15, -0.1) is 11.3 Å². The van der Waals surface area contributed by atoms with Crippen LogP contribution in [0, 0.1) is 6.92 Å². The van der Waals surface area contributed by atoms with Crippen LogP contribution in [0.3, 0.4) is 0 Å². The van der Waals surface area contributed by atoms with Gasteiger partial charge in [-0.1, -0.05) is 0 Å². The van der Waals surface area contributed by atoms with Crippen LogP contribution in [0.15, 0.2) is 46.7 Å². The van der Waals surface area contributed by atoms with E-state index in [1.54, 1.807) is 30.3 Å². The van der Waals surface area contributed by atoms with Crippen molar-refractivity contribution >= 4 is 50.3 Å². The van der Waals surface area contributed by atoms with Crippen LogP contribution < -0.4 is 20.3 Å². The molecule has 0 radical (unpaired) electrons. The highest BCUT2D eigenvalue weighted by Gasteiger charge is 2.17. The molecule has 0 saturated heterocycles. The van der Waals surface area contributed by atoms with Crippen molar-refractivity contribution in [3.63, 3.8) is 0 Å². The fraction of sp³-hybridized carbons (Fsp3) is 0.250. The van der Waals surface area contributed by atoms with Gasteiger partial charge in [0.2, 0.25) is 5.91 Å². The van der Waals surface area contributed by atoms with Gasteiger partial charge in [-0.25, -0.2) is 18.4 Å². The van der Waals surface area contributed by atoms with Gasteiger partial charge in [-0.05, 0) is 43.3 Å². The molecule has 1 aromatic carbocycles. The van der Waals surface area contributed by atoms with Crippen molar-refractivity contribution in [3.05, 3.63) is 53.2 Å². The van der Waals surface area contributed by atoms with Crippen molar-refractivity contribution in [1.29, 1.82) is 0 Å². The molecule has 0 aliphatic carbocycles. The van der Waals surface area contributed by atoms with Crippen molar-refractivity contribution in [3.8, 4) is 0 Å². The van der Waals surface area contributed by atoms with Crippen molar-refractivity contribution in [1.82, 2.24) is 15.3 Å². The number of aromatic nitrogens is 2. The molecule has 0 spiro atoms. The molecule has 3 aromatic rings. The summed E-state index contributed by atoms with van der Waals surface area (Å²) in [5.74, 6) is 1.91. The first-order valence-electron chi connectivity index (χ1n) is 9.38. The Labute approximate surface area is 185 Å². The maximum absolute atomic E-state index is 12.6. The number of hydrogen-bond donors (Lipinski definition) is 3. The van der Waals surface area contributed by atoms with E-state index < -0.39 is 10.0 Å². The van der Waals surface area contributed by atoms with Crippen LogP contribution in [0.4, 0.5) is 23.0 Å². The van der Waals surface area contributed by atoms with Crippen LogP contribution in [-0.2, 0) is 21.4 Å². The zero-order chi connectivity index (χ0) is 22.6. The highest BCUT2D eigenvalue weighted by Crippen LogP contribution is 2.25. The summed E-state index contributed by atoms with van der Waals surface area (Å²) in [6.45, 7) is 3.54. The molecular weight excluding hydrogens is 436 g/mol. The average molecular weight is 461 g/mol. The van der Waals surface area contributed by atoms with Gasteiger partial charge in [0.1, 0.15) is 21.7 Å².